The van der Waals surface area contributed by atoms with Crippen LogP contribution < -0.4 is 10.2 Å². The first kappa shape index (κ1) is 20.5. The summed E-state index contributed by atoms with van der Waals surface area (Å²) in [6.07, 6.45) is 4.92. The molecule has 0 heterocycles. The molecule has 18 heavy (non-hydrogen) atoms. The van der Waals surface area contributed by atoms with E-state index in [0.717, 1.165) is 25.7 Å². The number of hydrogen-bond acceptors (Lipinski definition) is 4. The number of carbonyl (C=O) groups excluding carboxylic acids is 2. The van der Waals surface area contributed by atoms with Crippen molar-refractivity contribution in [3.8, 4) is 0 Å². The summed E-state index contributed by atoms with van der Waals surface area (Å²) in [6, 6.07) is 0. The fourth-order valence-electron chi connectivity index (χ4n) is 1.97. The molecule has 0 saturated carbocycles. The van der Waals surface area contributed by atoms with Crippen LogP contribution in [0.3, 0.4) is 0 Å². The quantitative estimate of drug-likeness (QED) is 0.327. The van der Waals surface area contributed by atoms with Crippen LogP contribution in [0.4, 0.5) is 0 Å². The molecular formula is C13H22CaO4. The second-order valence-corrected chi connectivity index (χ2v) is 4.57. The van der Waals surface area contributed by atoms with Crippen LogP contribution in [0, 0.1) is 5.41 Å². The standard InChI is InChI=1S/C13H24O4.Ca/c1-3-5-7-9-13(11(14)15,12(16)17)10-8-6-4-2;/h3-10H2,1-2H3,(H,14,15)(H,16,17);/q;+2/p-2. The molecule has 0 aromatic rings. The molecule has 0 aliphatic rings. The summed E-state index contributed by atoms with van der Waals surface area (Å²) < 4.78 is 0. The maximum absolute atomic E-state index is 11.1. The van der Waals surface area contributed by atoms with Crippen molar-refractivity contribution in [3.63, 3.8) is 0 Å². The minimum Gasteiger partial charge on any atom is -0.549 e. The minimum atomic E-state index is -1.79. The molecule has 0 saturated heterocycles. The molecule has 0 fully saturated rings. The molecule has 0 aliphatic carbocycles. The zero-order chi connectivity index (χ0) is 13.3. The summed E-state index contributed by atoms with van der Waals surface area (Å²) in [5.41, 5.74) is -1.79. The van der Waals surface area contributed by atoms with E-state index in [-0.39, 0.29) is 50.6 Å². The molecule has 0 aromatic heterocycles. The third-order valence-electron chi connectivity index (χ3n) is 3.20. The molecule has 0 radical (unpaired) electrons. The largest absolute Gasteiger partial charge is 2.00 e. The van der Waals surface area contributed by atoms with Gasteiger partial charge < -0.3 is 19.8 Å². The van der Waals surface area contributed by atoms with Crippen LogP contribution in [0.5, 0.6) is 0 Å². The van der Waals surface area contributed by atoms with Crippen molar-refractivity contribution >= 4 is 49.7 Å². The van der Waals surface area contributed by atoms with Crippen molar-refractivity contribution in [2.45, 2.75) is 65.2 Å². The number of unbranched alkanes of at least 4 members (excludes halogenated alkanes) is 4. The van der Waals surface area contributed by atoms with Crippen LogP contribution in [0.15, 0.2) is 0 Å². The Bertz CT molecular complexity index is 227. The first-order valence-corrected chi connectivity index (χ1v) is 6.44. The maximum Gasteiger partial charge on any atom is 2.00 e. The van der Waals surface area contributed by atoms with Crippen LogP contribution in [0.25, 0.3) is 0 Å². The van der Waals surface area contributed by atoms with Gasteiger partial charge in [0, 0.05) is 5.41 Å². The Balaban J connectivity index is 0. The van der Waals surface area contributed by atoms with Gasteiger partial charge in [-0.2, -0.15) is 0 Å². The van der Waals surface area contributed by atoms with Gasteiger partial charge in [-0.3, -0.25) is 0 Å². The van der Waals surface area contributed by atoms with Crippen LogP contribution in [0.2, 0.25) is 0 Å². The summed E-state index contributed by atoms with van der Waals surface area (Å²) in [5, 5.41) is 22.2. The zero-order valence-electron chi connectivity index (χ0n) is 11.5. The van der Waals surface area contributed by atoms with E-state index in [2.05, 4.69) is 0 Å². The molecule has 0 rings (SSSR count). The molecule has 0 atom stereocenters. The van der Waals surface area contributed by atoms with Gasteiger partial charge in [-0.15, -0.1) is 0 Å². The Labute approximate surface area is 139 Å². The van der Waals surface area contributed by atoms with Crippen LogP contribution in [0.1, 0.15) is 65.2 Å². The van der Waals surface area contributed by atoms with Crippen molar-refractivity contribution in [3.05, 3.63) is 0 Å². The summed E-state index contributed by atoms with van der Waals surface area (Å²) >= 11 is 0. The summed E-state index contributed by atoms with van der Waals surface area (Å²) in [4.78, 5) is 22.2. The molecular weight excluding hydrogens is 260 g/mol. The molecule has 100 valence electrons. The van der Waals surface area contributed by atoms with E-state index >= 15 is 0 Å². The molecule has 0 N–H and O–H groups in total. The molecule has 0 unspecified atom stereocenters. The van der Waals surface area contributed by atoms with Gasteiger partial charge in [-0.1, -0.05) is 52.4 Å². The predicted molar refractivity (Wildman–Crippen MR) is 66.5 cm³/mol. The van der Waals surface area contributed by atoms with Crippen molar-refractivity contribution in [1.29, 1.82) is 0 Å². The average molecular weight is 282 g/mol. The van der Waals surface area contributed by atoms with E-state index in [0.29, 0.717) is 12.8 Å². The normalized spacial score (nSPS) is 10.8. The third-order valence-corrected chi connectivity index (χ3v) is 3.20. The molecule has 0 aliphatic heterocycles. The smallest absolute Gasteiger partial charge is 0.549 e. The second-order valence-electron chi connectivity index (χ2n) is 4.57. The summed E-state index contributed by atoms with van der Waals surface area (Å²) in [6.45, 7) is 3.97. The van der Waals surface area contributed by atoms with Gasteiger partial charge in [-0.05, 0) is 12.8 Å². The fourth-order valence-corrected chi connectivity index (χ4v) is 1.97. The predicted octanol–water partition coefficient (Wildman–Crippen LogP) is 0.252. The Morgan fingerprint density at radius 1 is 0.833 bits per heavy atom. The van der Waals surface area contributed by atoms with Crippen molar-refractivity contribution in [2.75, 3.05) is 0 Å². The number of carboxylic acids is 2. The van der Waals surface area contributed by atoms with Gasteiger partial charge in [0.25, 0.3) is 0 Å². The fraction of sp³-hybridized carbons (Fsp3) is 0.846. The second kappa shape index (κ2) is 11.1. The molecule has 0 amide bonds. The molecule has 0 spiro atoms. The van der Waals surface area contributed by atoms with Gasteiger partial charge in [0.15, 0.2) is 0 Å². The first-order valence-electron chi connectivity index (χ1n) is 6.44. The van der Waals surface area contributed by atoms with E-state index in [4.69, 9.17) is 0 Å². The summed E-state index contributed by atoms with van der Waals surface area (Å²) in [7, 11) is 0. The monoisotopic (exact) mass is 282 g/mol. The first-order chi connectivity index (χ1) is 8.01. The minimum absolute atomic E-state index is 0. The Morgan fingerprint density at radius 3 is 1.39 bits per heavy atom. The Morgan fingerprint density at radius 2 is 1.17 bits per heavy atom. The summed E-state index contributed by atoms with van der Waals surface area (Å²) in [5.74, 6) is -2.99. The topological polar surface area (TPSA) is 80.3 Å². The number of hydrogen-bond donors (Lipinski definition) is 0. The third kappa shape index (κ3) is 6.39. The van der Waals surface area contributed by atoms with Gasteiger partial charge in [0.2, 0.25) is 0 Å². The number of rotatable bonds is 10. The number of aliphatic carboxylic acids is 2. The molecule has 0 aromatic carbocycles. The number of carboxylic acid groups (broad SMARTS) is 2. The molecule has 4 nitrogen and oxygen atoms in total. The zero-order valence-corrected chi connectivity index (χ0v) is 13.7. The van der Waals surface area contributed by atoms with E-state index in [9.17, 15) is 19.8 Å². The van der Waals surface area contributed by atoms with E-state index in [1.807, 2.05) is 13.8 Å². The van der Waals surface area contributed by atoms with E-state index in [1.165, 1.54) is 0 Å². The van der Waals surface area contributed by atoms with Gasteiger partial charge in [0.05, 0.1) is 11.9 Å². The van der Waals surface area contributed by atoms with E-state index < -0.39 is 17.4 Å². The van der Waals surface area contributed by atoms with Crippen molar-refractivity contribution < 1.29 is 19.8 Å². The molecule has 5 heteroatoms. The maximum atomic E-state index is 11.1. The molecule has 0 bridgehead atoms. The van der Waals surface area contributed by atoms with Crippen LogP contribution in [-0.2, 0) is 9.59 Å². The SMILES string of the molecule is CCCCCC(CCCCC)(C(=O)[O-])C(=O)[O-].[Ca+2]. The number of carbonyl (C=O) groups is 2. The van der Waals surface area contributed by atoms with Gasteiger partial charge in [-0.25, -0.2) is 0 Å². The van der Waals surface area contributed by atoms with Crippen LogP contribution in [-0.4, -0.2) is 49.7 Å². The van der Waals surface area contributed by atoms with Gasteiger partial charge in [0.1, 0.15) is 0 Å². The van der Waals surface area contributed by atoms with E-state index in [1.54, 1.807) is 0 Å². The van der Waals surface area contributed by atoms with Crippen molar-refractivity contribution in [1.82, 2.24) is 0 Å². The van der Waals surface area contributed by atoms with Crippen molar-refractivity contribution in [2.24, 2.45) is 5.41 Å². The average Bonchev–Trinajstić information content (AvgIpc) is 2.26. The Hall–Kier alpha value is 0.200. The van der Waals surface area contributed by atoms with Crippen LogP contribution >= 0.6 is 0 Å². The van der Waals surface area contributed by atoms with Gasteiger partial charge >= 0.3 is 37.7 Å². The Kier molecular flexibility index (Phi) is 12.6.